The third-order valence-corrected chi connectivity index (χ3v) is 1.65. The van der Waals surface area contributed by atoms with Crippen LogP contribution in [-0.4, -0.2) is 26.4 Å². The van der Waals surface area contributed by atoms with E-state index >= 15 is 0 Å². The molecule has 0 saturated carbocycles. The molecule has 2 heterocycles. The van der Waals surface area contributed by atoms with Crippen LogP contribution in [0.3, 0.4) is 0 Å². The predicted octanol–water partition coefficient (Wildman–Crippen LogP) is -1.40. The SMILES string of the molecule is C1CCOC1.C1CCOC1.[Na+]. The molecule has 0 aromatic carbocycles. The summed E-state index contributed by atoms with van der Waals surface area (Å²) in [5.41, 5.74) is 0. The molecule has 2 saturated heterocycles. The Hall–Kier alpha value is 0.920. The zero-order valence-electron chi connectivity index (χ0n) is 7.47. The summed E-state index contributed by atoms with van der Waals surface area (Å²) in [7, 11) is 0. The van der Waals surface area contributed by atoms with Crippen LogP contribution >= 0.6 is 0 Å². The van der Waals surface area contributed by atoms with Gasteiger partial charge in [0.1, 0.15) is 0 Å². The zero-order valence-corrected chi connectivity index (χ0v) is 9.47. The largest absolute Gasteiger partial charge is 1.00 e. The van der Waals surface area contributed by atoms with Gasteiger partial charge in [0.15, 0.2) is 0 Å². The second-order valence-corrected chi connectivity index (χ2v) is 2.64. The molecule has 60 valence electrons. The van der Waals surface area contributed by atoms with Crippen LogP contribution in [0, 0.1) is 0 Å². The second kappa shape index (κ2) is 9.01. The summed E-state index contributed by atoms with van der Waals surface area (Å²) >= 11 is 0. The molecular formula is C8H16NaO2+. The van der Waals surface area contributed by atoms with E-state index in [9.17, 15) is 0 Å². The molecule has 0 radical (unpaired) electrons. The van der Waals surface area contributed by atoms with Gasteiger partial charge in [0.25, 0.3) is 0 Å². The first kappa shape index (κ1) is 11.9. The van der Waals surface area contributed by atoms with Gasteiger partial charge in [0.2, 0.25) is 0 Å². The monoisotopic (exact) mass is 167 g/mol. The molecule has 0 atom stereocenters. The van der Waals surface area contributed by atoms with Crippen LogP contribution in [0.15, 0.2) is 0 Å². The molecule has 0 N–H and O–H groups in total. The van der Waals surface area contributed by atoms with Crippen LogP contribution in [0.1, 0.15) is 25.7 Å². The van der Waals surface area contributed by atoms with Gasteiger partial charge in [-0.25, -0.2) is 0 Å². The first-order valence-electron chi connectivity index (χ1n) is 4.15. The van der Waals surface area contributed by atoms with Crippen LogP contribution in [0.4, 0.5) is 0 Å². The summed E-state index contributed by atoms with van der Waals surface area (Å²) in [5, 5.41) is 0. The predicted molar refractivity (Wildman–Crippen MR) is 40.1 cm³/mol. The normalized spacial score (nSPS) is 21.8. The second-order valence-electron chi connectivity index (χ2n) is 2.64. The van der Waals surface area contributed by atoms with Crippen molar-refractivity contribution in [3.63, 3.8) is 0 Å². The number of ether oxygens (including phenoxy) is 2. The standard InChI is InChI=1S/2C4H8O.Na/c2*1-2-4-5-3-1;/h2*1-4H2;/q;;+1. The van der Waals surface area contributed by atoms with Gasteiger partial charge >= 0.3 is 29.6 Å². The summed E-state index contributed by atoms with van der Waals surface area (Å²) in [6.07, 6.45) is 5.11. The summed E-state index contributed by atoms with van der Waals surface area (Å²) in [6.45, 7) is 4.00. The Balaban J connectivity index is 0.000000167. The average molecular weight is 167 g/mol. The van der Waals surface area contributed by atoms with Gasteiger partial charge < -0.3 is 9.47 Å². The summed E-state index contributed by atoms with van der Waals surface area (Å²) in [6, 6.07) is 0. The summed E-state index contributed by atoms with van der Waals surface area (Å²) in [5.74, 6) is 0. The molecule has 11 heavy (non-hydrogen) atoms. The van der Waals surface area contributed by atoms with Gasteiger partial charge in [0, 0.05) is 26.4 Å². The van der Waals surface area contributed by atoms with E-state index in [1.54, 1.807) is 0 Å². The fourth-order valence-corrected chi connectivity index (χ4v) is 1.02. The van der Waals surface area contributed by atoms with E-state index in [1.807, 2.05) is 0 Å². The van der Waals surface area contributed by atoms with Crippen molar-refractivity contribution in [3.05, 3.63) is 0 Å². The van der Waals surface area contributed by atoms with Crippen LogP contribution < -0.4 is 29.6 Å². The molecule has 2 fully saturated rings. The van der Waals surface area contributed by atoms with Gasteiger partial charge in [-0.2, -0.15) is 0 Å². The molecule has 3 heteroatoms. The van der Waals surface area contributed by atoms with Crippen molar-refractivity contribution in [2.24, 2.45) is 0 Å². The molecule has 2 aliphatic rings. The molecule has 0 amide bonds. The first-order chi connectivity index (χ1) is 5.00. The van der Waals surface area contributed by atoms with Gasteiger partial charge in [-0.1, -0.05) is 0 Å². The molecule has 0 bridgehead atoms. The third-order valence-electron chi connectivity index (χ3n) is 1.65. The van der Waals surface area contributed by atoms with Crippen molar-refractivity contribution in [1.29, 1.82) is 0 Å². The third kappa shape index (κ3) is 7.29. The molecule has 0 aromatic rings. The van der Waals surface area contributed by atoms with Crippen LogP contribution in [0.25, 0.3) is 0 Å². The fourth-order valence-electron chi connectivity index (χ4n) is 1.02. The number of rotatable bonds is 0. The maximum Gasteiger partial charge on any atom is 1.00 e. The maximum absolute atomic E-state index is 4.94. The minimum Gasteiger partial charge on any atom is -0.381 e. The van der Waals surface area contributed by atoms with Crippen molar-refractivity contribution in [1.82, 2.24) is 0 Å². The molecular weight excluding hydrogens is 151 g/mol. The minimum absolute atomic E-state index is 0. The molecule has 0 spiro atoms. The molecule has 2 nitrogen and oxygen atoms in total. The topological polar surface area (TPSA) is 18.5 Å². The van der Waals surface area contributed by atoms with Crippen molar-refractivity contribution in [3.8, 4) is 0 Å². The summed E-state index contributed by atoms with van der Waals surface area (Å²) < 4.78 is 9.89. The van der Waals surface area contributed by atoms with E-state index in [-0.39, 0.29) is 29.6 Å². The Labute approximate surface area is 90.9 Å². The van der Waals surface area contributed by atoms with Crippen LogP contribution in [-0.2, 0) is 9.47 Å². The molecule has 0 aromatic heterocycles. The first-order valence-corrected chi connectivity index (χ1v) is 4.15. The van der Waals surface area contributed by atoms with Crippen molar-refractivity contribution < 1.29 is 39.0 Å². The molecule has 0 unspecified atom stereocenters. The molecule has 2 rings (SSSR count). The van der Waals surface area contributed by atoms with Gasteiger partial charge in [-0.05, 0) is 25.7 Å². The van der Waals surface area contributed by atoms with E-state index in [0.29, 0.717) is 0 Å². The van der Waals surface area contributed by atoms with Gasteiger partial charge in [-0.15, -0.1) is 0 Å². The average Bonchev–Trinajstić information content (AvgIpc) is 2.67. The summed E-state index contributed by atoms with van der Waals surface area (Å²) in [4.78, 5) is 0. The van der Waals surface area contributed by atoms with Crippen molar-refractivity contribution >= 4 is 0 Å². The van der Waals surface area contributed by atoms with E-state index in [4.69, 9.17) is 9.47 Å². The quantitative estimate of drug-likeness (QED) is 0.413. The minimum atomic E-state index is 0. The van der Waals surface area contributed by atoms with Gasteiger partial charge in [0.05, 0.1) is 0 Å². The fraction of sp³-hybridized carbons (Fsp3) is 1.00. The van der Waals surface area contributed by atoms with Crippen LogP contribution in [0.2, 0.25) is 0 Å². The molecule has 0 aliphatic carbocycles. The molecule has 2 aliphatic heterocycles. The smallest absolute Gasteiger partial charge is 0.381 e. The van der Waals surface area contributed by atoms with Crippen molar-refractivity contribution in [2.75, 3.05) is 26.4 Å². The van der Waals surface area contributed by atoms with Crippen molar-refractivity contribution in [2.45, 2.75) is 25.7 Å². The Kier molecular flexibility index (Phi) is 9.77. The zero-order chi connectivity index (χ0) is 7.07. The van der Waals surface area contributed by atoms with E-state index < -0.39 is 0 Å². The van der Waals surface area contributed by atoms with E-state index in [0.717, 1.165) is 26.4 Å². The number of hydrogen-bond acceptors (Lipinski definition) is 2. The van der Waals surface area contributed by atoms with Gasteiger partial charge in [-0.3, -0.25) is 0 Å². The Morgan fingerprint density at radius 1 is 0.545 bits per heavy atom. The number of hydrogen-bond donors (Lipinski definition) is 0. The Bertz CT molecular complexity index is 45.3. The van der Waals surface area contributed by atoms with E-state index in [1.165, 1.54) is 25.7 Å². The van der Waals surface area contributed by atoms with E-state index in [2.05, 4.69) is 0 Å². The van der Waals surface area contributed by atoms with Crippen LogP contribution in [0.5, 0.6) is 0 Å². The Morgan fingerprint density at radius 3 is 0.909 bits per heavy atom. The Morgan fingerprint density at radius 2 is 0.818 bits per heavy atom. The maximum atomic E-state index is 4.94.